The second-order valence-corrected chi connectivity index (χ2v) is 6.39. The van der Waals surface area contributed by atoms with Crippen molar-refractivity contribution >= 4 is 0 Å². The first-order chi connectivity index (χ1) is 10.7. The van der Waals surface area contributed by atoms with Crippen molar-refractivity contribution in [1.82, 2.24) is 0 Å². The van der Waals surface area contributed by atoms with Crippen molar-refractivity contribution in [3.63, 3.8) is 0 Å². The van der Waals surface area contributed by atoms with Crippen LogP contribution in [0.15, 0.2) is 36.4 Å². The van der Waals surface area contributed by atoms with Crippen LogP contribution < -0.4 is 10.1 Å². The van der Waals surface area contributed by atoms with E-state index in [1.165, 1.54) is 47.1 Å². The smallest absolute Gasteiger partial charge is 0.122 e. The molecule has 0 aromatic heterocycles. The molecule has 2 aromatic carbocycles. The minimum atomic E-state index is 0.603. The van der Waals surface area contributed by atoms with E-state index in [2.05, 4.69) is 55.6 Å². The fraction of sp³-hybridized carbons (Fsp3) is 0.400. The number of hydrogen-bond acceptors (Lipinski definition) is 1. The second-order valence-electron chi connectivity index (χ2n) is 6.39. The molecule has 2 aromatic rings. The van der Waals surface area contributed by atoms with Crippen LogP contribution in [0, 0.1) is 13.8 Å². The lowest BCUT2D eigenvalue weighted by Gasteiger charge is -2.24. The Morgan fingerprint density at radius 3 is 2.77 bits per heavy atom. The van der Waals surface area contributed by atoms with Crippen molar-refractivity contribution in [3.8, 4) is 5.75 Å². The van der Waals surface area contributed by atoms with Gasteiger partial charge >= 0.3 is 0 Å². The molecular formula is C20H26NO+. The van der Waals surface area contributed by atoms with Crippen LogP contribution in [0.2, 0.25) is 0 Å². The standard InChI is InChI=1S/C20H25NO/c1-14-12-20(22-3)15(2)11-17(14)13-21-19-10-6-8-16-7-4-5-9-18(16)19/h4-5,7,9,11-12,19,21H,6,8,10,13H2,1-3H3/p+1/t19-/m0/s1. The molecule has 0 unspecified atom stereocenters. The summed E-state index contributed by atoms with van der Waals surface area (Å²) in [6, 6.07) is 14.0. The summed E-state index contributed by atoms with van der Waals surface area (Å²) in [7, 11) is 1.74. The van der Waals surface area contributed by atoms with E-state index in [4.69, 9.17) is 4.74 Å². The number of fused-ring (bicyclic) bond motifs is 1. The lowest BCUT2D eigenvalue weighted by atomic mass is 9.87. The molecule has 1 aliphatic rings. The van der Waals surface area contributed by atoms with Gasteiger partial charge in [0.05, 0.1) is 7.11 Å². The average molecular weight is 296 g/mol. The summed E-state index contributed by atoms with van der Waals surface area (Å²) >= 11 is 0. The topological polar surface area (TPSA) is 25.8 Å². The van der Waals surface area contributed by atoms with Gasteiger partial charge in [0.15, 0.2) is 0 Å². The van der Waals surface area contributed by atoms with Crippen LogP contribution in [0.25, 0.3) is 0 Å². The summed E-state index contributed by atoms with van der Waals surface area (Å²) in [6.07, 6.45) is 3.82. The molecule has 22 heavy (non-hydrogen) atoms. The number of methoxy groups -OCH3 is 1. The van der Waals surface area contributed by atoms with Gasteiger partial charge in [-0.3, -0.25) is 0 Å². The molecule has 1 aliphatic carbocycles. The normalized spacial score (nSPS) is 17.1. The molecule has 0 saturated carbocycles. The molecule has 0 bridgehead atoms. The molecule has 2 nitrogen and oxygen atoms in total. The number of nitrogens with two attached hydrogens (primary N) is 1. The first kappa shape index (κ1) is 15.1. The molecule has 0 fully saturated rings. The van der Waals surface area contributed by atoms with Crippen LogP contribution in [0.5, 0.6) is 5.75 Å². The minimum absolute atomic E-state index is 0.603. The Morgan fingerprint density at radius 1 is 1.14 bits per heavy atom. The maximum Gasteiger partial charge on any atom is 0.122 e. The zero-order valence-electron chi connectivity index (χ0n) is 13.9. The summed E-state index contributed by atoms with van der Waals surface area (Å²) in [4.78, 5) is 0. The fourth-order valence-electron chi connectivity index (χ4n) is 3.59. The van der Waals surface area contributed by atoms with E-state index >= 15 is 0 Å². The van der Waals surface area contributed by atoms with E-state index < -0.39 is 0 Å². The SMILES string of the molecule is COc1cc(C)c(C[NH2+][C@H]2CCCc3ccccc32)cc1C. The van der Waals surface area contributed by atoms with Crippen LogP contribution in [0.1, 0.15) is 46.7 Å². The van der Waals surface area contributed by atoms with E-state index in [0.29, 0.717) is 6.04 Å². The van der Waals surface area contributed by atoms with E-state index in [1.807, 2.05) is 0 Å². The van der Waals surface area contributed by atoms with E-state index in [1.54, 1.807) is 7.11 Å². The maximum atomic E-state index is 5.41. The van der Waals surface area contributed by atoms with Crippen LogP contribution in [0.4, 0.5) is 0 Å². The third kappa shape index (κ3) is 3.02. The quantitative estimate of drug-likeness (QED) is 0.918. The fourth-order valence-corrected chi connectivity index (χ4v) is 3.59. The molecule has 0 heterocycles. The Labute approximate surface area is 133 Å². The number of ether oxygens (including phenoxy) is 1. The Bertz CT molecular complexity index is 663. The molecule has 0 spiro atoms. The third-order valence-electron chi connectivity index (χ3n) is 4.89. The van der Waals surface area contributed by atoms with Gasteiger partial charge in [0, 0.05) is 17.5 Å². The van der Waals surface area contributed by atoms with Crippen molar-refractivity contribution in [2.45, 2.75) is 45.7 Å². The highest BCUT2D eigenvalue weighted by molar-refractivity contribution is 5.41. The molecule has 2 N–H and O–H groups in total. The number of aryl methyl sites for hydroxylation is 3. The predicted octanol–water partition coefficient (Wildman–Crippen LogP) is 3.45. The molecule has 3 rings (SSSR count). The van der Waals surface area contributed by atoms with Gasteiger partial charge in [0.1, 0.15) is 18.3 Å². The van der Waals surface area contributed by atoms with Gasteiger partial charge in [-0.25, -0.2) is 0 Å². The van der Waals surface area contributed by atoms with Gasteiger partial charge in [-0.15, -0.1) is 0 Å². The molecule has 0 radical (unpaired) electrons. The van der Waals surface area contributed by atoms with Gasteiger partial charge in [0.2, 0.25) is 0 Å². The zero-order chi connectivity index (χ0) is 15.5. The lowest BCUT2D eigenvalue weighted by Crippen LogP contribution is -2.84. The zero-order valence-corrected chi connectivity index (χ0v) is 13.9. The highest BCUT2D eigenvalue weighted by Gasteiger charge is 2.22. The van der Waals surface area contributed by atoms with Crippen LogP contribution in [-0.2, 0) is 13.0 Å². The summed E-state index contributed by atoms with van der Waals surface area (Å²) in [5.74, 6) is 0.990. The largest absolute Gasteiger partial charge is 0.496 e. The first-order valence-corrected chi connectivity index (χ1v) is 8.24. The predicted molar refractivity (Wildman–Crippen MR) is 90.2 cm³/mol. The average Bonchev–Trinajstić information content (AvgIpc) is 2.55. The summed E-state index contributed by atoms with van der Waals surface area (Å²) in [6.45, 7) is 5.34. The van der Waals surface area contributed by atoms with Gasteiger partial charge in [-0.05, 0) is 55.5 Å². The summed E-state index contributed by atoms with van der Waals surface area (Å²) in [5.41, 5.74) is 7.04. The highest BCUT2D eigenvalue weighted by atomic mass is 16.5. The number of benzene rings is 2. The van der Waals surface area contributed by atoms with Gasteiger partial charge in [-0.2, -0.15) is 0 Å². The van der Waals surface area contributed by atoms with Crippen molar-refractivity contribution in [2.24, 2.45) is 0 Å². The summed E-state index contributed by atoms with van der Waals surface area (Å²) < 4.78 is 5.41. The van der Waals surface area contributed by atoms with Gasteiger partial charge in [0.25, 0.3) is 0 Å². The molecule has 1 atom stereocenters. The third-order valence-corrected chi connectivity index (χ3v) is 4.89. The van der Waals surface area contributed by atoms with Crippen molar-refractivity contribution in [3.05, 3.63) is 64.2 Å². The van der Waals surface area contributed by atoms with Crippen LogP contribution in [0.3, 0.4) is 0 Å². The van der Waals surface area contributed by atoms with Gasteiger partial charge in [-0.1, -0.05) is 24.3 Å². The Kier molecular flexibility index (Phi) is 4.49. The molecule has 0 amide bonds. The molecular weight excluding hydrogens is 270 g/mol. The van der Waals surface area contributed by atoms with Crippen molar-refractivity contribution in [2.75, 3.05) is 7.11 Å². The second kappa shape index (κ2) is 6.53. The van der Waals surface area contributed by atoms with Crippen molar-refractivity contribution < 1.29 is 10.1 Å². The van der Waals surface area contributed by atoms with Crippen LogP contribution in [-0.4, -0.2) is 7.11 Å². The lowest BCUT2D eigenvalue weighted by molar-refractivity contribution is -0.712. The first-order valence-electron chi connectivity index (χ1n) is 8.24. The van der Waals surface area contributed by atoms with E-state index in [-0.39, 0.29) is 0 Å². The Balaban J connectivity index is 1.75. The Morgan fingerprint density at radius 2 is 1.95 bits per heavy atom. The summed E-state index contributed by atoms with van der Waals surface area (Å²) in [5, 5.41) is 2.51. The number of quaternary nitrogens is 1. The molecule has 0 aliphatic heterocycles. The van der Waals surface area contributed by atoms with Crippen molar-refractivity contribution in [1.29, 1.82) is 0 Å². The van der Waals surface area contributed by atoms with E-state index in [9.17, 15) is 0 Å². The molecule has 0 saturated heterocycles. The van der Waals surface area contributed by atoms with E-state index in [0.717, 1.165) is 12.3 Å². The molecule has 116 valence electrons. The molecule has 2 heteroatoms. The maximum absolute atomic E-state index is 5.41. The van der Waals surface area contributed by atoms with Gasteiger partial charge < -0.3 is 10.1 Å². The Hall–Kier alpha value is -1.80. The highest BCUT2D eigenvalue weighted by Crippen LogP contribution is 2.27. The number of hydrogen-bond donors (Lipinski definition) is 1. The minimum Gasteiger partial charge on any atom is -0.496 e. The van der Waals surface area contributed by atoms with Crippen LogP contribution >= 0.6 is 0 Å². The number of rotatable bonds is 4. The monoisotopic (exact) mass is 296 g/mol.